The van der Waals surface area contributed by atoms with E-state index in [2.05, 4.69) is 0 Å². The van der Waals surface area contributed by atoms with Gasteiger partial charge in [-0.05, 0) is 33.1 Å². The summed E-state index contributed by atoms with van der Waals surface area (Å²) in [6.07, 6.45) is -3.42. The first-order valence-electron chi connectivity index (χ1n) is 6.28. The van der Waals surface area contributed by atoms with E-state index in [1.807, 2.05) is 13.8 Å². The molecule has 106 valence electrons. The summed E-state index contributed by atoms with van der Waals surface area (Å²) < 4.78 is 43.1. The summed E-state index contributed by atoms with van der Waals surface area (Å²) >= 11 is 0. The van der Waals surface area contributed by atoms with Gasteiger partial charge in [-0.3, -0.25) is 9.69 Å². The molecule has 1 unspecified atom stereocenters. The lowest BCUT2D eigenvalue weighted by atomic mass is 10.0. The number of ether oxygens (including phenoxy) is 1. The quantitative estimate of drug-likeness (QED) is 0.769. The highest BCUT2D eigenvalue weighted by atomic mass is 19.4. The van der Waals surface area contributed by atoms with Gasteiger partial charge in [0.25, 0.3) is 5.78 Å². The first kappa shape index (κ1) is 15.4. The van der Waals surface area contributed by atoms with Gasteiger partial charge >= 0.3 is 6.18 Å². The first-order valence-corrected chi connectivity index (χ1v) is 6.28. The van der Waals surface area contributed by atoms with Crippen LogP contribution >= 0.6 is 0 Å². The Bertz CT molecular complexity index is 279. The maximum absolute atomic E-state index is 12.6. The number of carbonyl (C=O) groups excluding carboxylic acids is 1. The van der Waals surface area contributed by atoms with Gasteiger partial charge in [0, 0.05) is 25.8 Å². The van der Waals surface area contributed by atoms with Crippen molar-refractivity contribution in [2.75, 3.05) is 19.8 Å². The molecular weight excluding hydrogens is 247 g/mol. The second kappa shape index (κ2) is 6.52. The van der Waals surface area contributed by atoms with Crippen LogP contribution in [0.1, 0.15) is 33.1 Å². The molecule has 0 aromatic heterocycles. The molecular formula is C12H20F3NO2. The van der Waals surface area contributed by atoms with Crippen molar-refractivity contribution in [3.63, 3.8) is 0 Å². The molecule has 18 heavy (non-hydrogen) atoms. The van der Waals surface area contributed by atoms with Crippen LogP contribution in [0.4, 0.5) is 13.2 Å². The minimum atomic E-state index is -4.76. The van der Waals surface area contributed by atoms with Crippen molar-refractivity contribution in [3.05, 3.63) is 0 Å². The van der Waals surface area contributed by atoms with Crippen LogP contribution in [0.15, 0.2) is 0 Å². The number of Topliss-reactive ketones (excluding diaryl/α,β-unsaturated/α-hetero) is 1. The van der Waals surface area contributed by atoms with Crippen LogP contribution in [0, 0.1) is 0 Å². The van der Waals surface area contributed by atoms with Gasteiger partial charge in [0.15, 0.2) is 0 Å². The largest absolute Gasteiger partial charge is 0.451 e. The van der Waals surface area contributed by atoms with E-state index in [0.29, 0.717) is 32.6 Å². The summed E-state index contributed by atoms with van der Waals surface area (Å²) in [5.74, 6) is -1.63. The standard InChI is InChI=1S/C12H20F3NO2/c1-9(2)16-6-4-8-18-7-3-5-10(16)11(17)12(13,14)15/h9-10H,3-8H2,1-2H3. The number of halogens is 3. The fraction of sp³-hybridized carbons (Fsp3) is 0.917. The third-order valence-electron chi connectivity index (χ3n) is 3.12. The SMILES string of the molecule is CC(C)N1CCCOCCCC1C(=O)C(F)(F)F. The monoisotopic (exact) mass is 267 g/mol. The van der Waals surface area contributed by atoms with Crippen molar-refractivity contribution < 1.29 is 22.7 Å². The molecule has 1 fully saturated rings. The molecule has 0 amide bonds. The zero-order valence-corrected chi connectivity index (χ0v) is 10.8. The van der Waals surface area contributed by atoms with Crippen molar-refractivity contribution in [1.82, 2.24) is 4.90 Å². The summed E-state index contributed by atoms with van der Waals surface area (Å²) in [5, 5.41) is 0. The first-order chi connectivity index (χ1) is 8.34. The number of rotatable bonds is 2. The van der Waals surface area contributed by atoms with Crippen molar-refractivity contribution in [3.8, 4) is 0 Å². The Morgan fingerprint density at radius 1 is 1.28 bits per heavy atom. The molecule has 0 N–H and O–H groups in total. The summed E-state index contributed by atoms with van der Waals surface area (Å²) in [6, 6.07) is -1.15. The molecule has 0 radical (unpaired) electrons. The molecule has 0 bridgehead atoms. The number of ketones is 1. The van der Waals surface area contributed by atoms with E-state index < -0.39 is 18.0 Å². The fourth-order valence-electron chi connectivity index (χ4n) is 2.24. The number of carbonyl (C=O) groups is 1. The van der Waals surface area contributed by atoms with Crippen molar-refractivity contribution >= 4 is 5.78 Å². The smallest absolute Gasteiger partial charge is 0.381 e. The lowest BCUT2D eigenvalue weighted by molar-refractivity contribution is -0.177. The number of alkyl halides is 3. The molecule has 0 aliphatic carbocycles. The average molecular weight is 267 g/mol. The average Bonchev–Trinajstić information content (AvgIpc) is 2.37. The Labute approximate surface area is 105 Å². The molecule has 1 saturated heterocycles. The summed E-state index contributed by atoms with van der Waals surface area (Å²) in [7, 11) is 0. The van der Waals surface area contributed by atoms with Crippen LogP contribution in [-0.2, 0) is 9.53 Å². The molecule has 1 aliphatic heterocycles. The molecule has 0 aromatic rings. The van der Waals surface area contributed by atoms with Gasteiger partial charge in [0.2, 0.25) is 0 Å². The van der Waals surface area contributed by atoms with Gasteiger partial charge in [0.1, 0.15) is 0 Å². The molecule has 1 atom stereocenters. The Hall–Kier alpha value is -0.620. The molecule has 0 saturated carbocycles. The highest BCUT2D eigenvalue weighted by Gasteiger charge is 2.45. The second-order valence-electron chi connectivity index (χ2n) is 4.82. The number of hydrogen-bond donors (Lipinski definition) is 0. The summed E-state index contributed by atoms with van der Waals surface area (Å²) in [4.78, 5) is 13.1. The molecule has 1 aliphatic rings. The lowest BCUT2D eigenvalue weighted by Crippen LogP contribution is -2.50. The number of nitrogens with zero attached hydrogens (tertiary/aromatic N) is 1. The van der Waals surface area contributed by atoms with E-state index in [1.165, 1.54) is 0 Å². The van der Waals surface area contributed by atoms with Gasteiger partial charge < -0.3 is 4.74 Å². The van der Waals surface area contributed by atoms with E-state index in [1.54, 1.807) is 4.90 Å². The molecule has 1 heterocycles. The zero-order valence-electron chi connectivity index (χ0n) is 10.8. The molecule has 3 nitrogen and oxygen atoms in total. The van der Waals surface area contributed by atoms with Gasteiger partial charge in [-0.1, -0.05) is 0 Å². The third kappa shape index (κ3) is 4.24. The van der Waals surface area contributed by atoms with Crippen molar-refractivity contribution in [2.24, 2.45) is 0 Å². The van der Waals surface area contributed by atoms with Crippen molar-refractivity contribution in [2.45, 2.75) is 51.4 Å². The summed E-state index contributed by atoms with van der Waals surface area (Å²) in [6.45, 7) is 5.05. The second-order valence-corrected chi connectivity index (χ2v) is 4.82. The molecule has 1 rings (SSSR count). The predicted octanol–water partition coefficient (Wildman–Crippen LogP) is 2.40. The van der Waals surface area contributed by atoms with Gasteiger partial charge in [-0.25, -0.2) is 0 Å². The van der Waals surface area contributed by atoms with Crippen LogP contribution in [-0.4, -0.2) is 48.7 Å². The Balaban J connectivity index is 2.86. The highest BCUT2D eigenvalue weighted by Crippen LogP contribution is 2.25. The third-order valence-corrected chi connectivity index (χ3v) is 3.12. The van der Waals surface area contributed by atoms with Crippen LogP contribution in [0.5, 0.6) is 0 Å². The lowest BCUT2D eigenvalue weighted by Gasteiger charge is -2.33. The topological polar surface area (TPSA) is 29.5 Å². The van der Waals surface area contributed by atoms with E-state index in [-0.39, 0.29) is 12.5 Å². The molecule has 0 spiro atoms. The minimum absolute atomic E-state index is 0.0839. The Kier molecular flexibility index (Phi) is 5.59. The Morgan fingerprint density at radius 3 is 2.44 bits per heavy atom. The number of hydrogen-bond acceptors (Lipinski definition) is 3. The van der Waals surface area contributed by atoms with E-state index in [0.717, 1.165) is 0 Å². The van der Waals surface area contributed by atoms with Crippen LogP contribution < -0.4 is 0 Å². The molecule has 0 aromatic carbocycles. The van der Waals surface area contributed by atoms with E-state index >= 15 is 0 Å². The fourth-order valence-corrected chi connectivity index (χ4v) is 2.24. The highest BCUT2D eigenvalue weighted by molar-refractivity contribution is 5.89. The normalized spacial score (nSPS) is 24.4. The van der Waals surface area contributed by atoms with Crippen LogP contribution in [0.2, 0.25) is 0 Å². The van der Waals surface area contributed by atoms with Gasteiger partial charge in [-0.2, -0.15) is 13.2 Å². The van der Waals surface area contributed by atoms with Crippen LogP contribution in [0.25, 0.3) is 0 Å². The summed E-state index contributed by atoms with van der Waals surface area (Å²) in [5.41, 5.74) is 0. The van der Waals surface area contributed by atoms with E-state index in [9.17, 15) is 18.0 Å². The van der Waals surface area contributed by atoms with Gasteiger partial charge in [0.05, 0.1) is 6.04 Å². The van der Waals surface area contributed by atoms with Crippen molar-refractivity contribution in [1.29, 1.82) is 0 Å². The minimum Gasteiger partial charge on any atom is -0.381 e. The molecule has 6 heteroatoms. The predicted molar refractivity (Wildman–Crippen MR) is 61.4 cm³/mol. The maximum Gasteiger partial charge on any atom is 0.451 e. The maximum atomic E-state index is 12.6. The zero-order chi connectivity index (χ0) is 13.8. The van der Waals surface area contributed by atoms with E-state index in [4.69, 9.17) is 4.74 Å². The van der Waals surface area contributed by atoms with Crippen LogP contribution in [0.3, 0.4) is 0 Å². The van der Waals surface area contributed by atoms with Gasteiger partial charge in [-0.15, -0.1) is 0 Å². The Morgan fingerprint density at radius 2 is 1.89 bits per heavy atom.